The first-order valence-electron chi connectivity index (χ1n) is 5.88. The predicted molar refractivity (Wildman–Crippen MR) is 78.5 cm³/mol. The third-order valence-corrected chi connectivity index (χ3v) is 3.27. The molecule has 0 aliphatic carbocycles. The van der Waals surface area contributed by atoms with Gasteiger partial charge in [0.1, 0.15) is 6.61 Å². The fourth-order valence-electron chi connectivity index (χ4n) is 1.51. The molecule has 0 aliphatic rings. The fourth-order valence-corrected chi connectivity index (χ4v) is 2.00. The number of carbonyl (C=O) groups excluding carboxylic acids is 1. The molecule has 0 unspecified atom stereocenters. The van der Waals surface area contributed by atoms with Crippen molar-refractivity contribution in [1.29, 1.82) is 0 Å². The zero-order valence-corrected chi connectivity index (χ0v) is 11.9. The van der Waals surface area contributed by atoms with Gasteiger partial charge < -0.3 is 15.4 Å². The number of benzene rings is 1. The van der Waals surface area contributed by atoms with Gasteiger partial charge in [-0.1, -0.05) is 6.92 Å². The van der Waals surface area contributed by atoms with Gasteiger partial charge in [-0.15, -0.1) is 0 Å². The maximum absolute atomic E-state index is 11.7. The van der Waals surface area contributed by atoms with E-state index in [2.05, 4.69) is 6.92 Å². The quantitative estimate of drug-likeness (QED) is 0.487. The number of nitrogens with two attached hydrogens (primary N) is 1. The lowest BCUT2D eigenvalue weighted by molar-refractivity contribution is 0.0530. The zero-order valence-electron chi connectivity index (χ0n) is 11.1. The van der Waals surface area contributed by atoms with E-state index < -0.39 is 0 Å². The topological polar surface area (TPSA) is 55.6 Å². The Labute approximate surface area is 112 Å². The van der Waals surface area contributed by atoms with Crippen LogP contribution >= 0.6 is 11.8 Å². The van der Waals surface area contributed by atoms with Crippen molar-refractivity contribution in [2.45, 2.75) is 6.92 Å². The number of esters is 1. The predicted octanol–water partition coefficient (Wildman–Crippen LogP) is 2.24. The van der Waals surface area contributed by atoms with Crippen LogP contribution in [0.5, 0.6) is 0 Å². The summed E-state index contributed by atoms with van der Waals surface area (Å²) in [6.07, 6.45) is 0. The Morgan fingerprint density at radius 2 is 2.17 bits per heavy atom. The molecule has 0 aromatic heterocycles. The Bertz CT molecular complexity index is 408. The molecule has 0 saturated heterocycles. The van der Waals surface area contributed by atoms with Crippen molar-refractivity contribution in [3.63, 3.8) is 0 Å². The van der Waals surface area contributed by atoms with Crippen LogP contribution in [0.2, 0.25) is 0 Å². The largest absolute Gasteiger partial charge is 0.461 e. The first-order valence-corrected chi connectivity index (χ1v) is 7.03. The van der Waals surface area contributed by atoms with Crippen molar-refractivity contribution < 1.29 is 9.53 Å². The smallest absolute Gasteiger partial charge is 0.338 e. The van der Waals surface area contributed by atoms with E-state index in [-0.39, 0.29) is 5.97 Å². The molecule has 4 nitrogen and oxygen atoms in total. The van der Waals surface area contributed by atoms with E-state index in [4.69, 9.17) is 10.5 Å². The molecule has 1 aromatic rings. The number of nitrogens with zero attached hydrogens (tertiary/aromatic N) is 1. The molecule has 1 rings (SSSR count). The molecule has 2 N–H and O–H groups in total. The summed E-state index contributed by atoms with van der Waals surface area (Å²) in [5, 5.41) is 0. The molecule has 0 fully saturated rings. The Morgan fingerprint density at radius 1 is 1.44 bits per heavy atom. The molecular weight excluding hydrogens is 248 g/mol. The third-order valence-electron chi connectivity index (χ3n) is 2.41. The van der Waals surface area contributed by atoms with Crippen molar-refractivity contribution >= 4 is 29.1 Å². The number of anilines is 2. The SMILES string of the molecule is CCSCCOC(=O)c1ccc(N(C)C)c(N)c1. The van der Waals surface area contributed by atoms with Gasteiger partial charge >= 0.3 is 5.97 Å². The van der Waals surface area contributed by atoms with Crippen LogP contribution < -0.4 is 10.6 Å². The molecule has 0 bridgehead atoms. The van der Waals surface area contributed by atoms with E-state index in [9.17, 15) is 4.79 Å². The van der Waals surface area contributed by atoms with E-state index >= 15 is 0 Å². The number of thioether (sulfide) groups is 1. The van der Waals surface area contributed by atoms with Crippen molar-refractivity contribution in [1.82, 2.24) is 0 Å². The first kappa shape index (κ1) is 14.7. The molecule has 5 heteroatoms. The lowest BCUT2D eigenvalue weighted by atomic mass is 10.1. The average molecular weight is 268 g/mol. The molecule has 18 heavy (non-hydrogen) atoms. The van der Waals surface area contributed by atoms with E-state index in [1.54, 1.807) is 23.9 Å². The number of hydrogen-bond donors (Lipinski definition) is 1. The molecule has 0 amide bonds. The summed E-state index contributed by atoms with van der Waals surface area (Å²) < 4.78 is 5.16. The molecule has 100 valence electrons. The summed E-state index contributed by atoms with van der Waals surface area (Å²) in [7, 11) is 3.82. The zero-order chi connectivity index (χ0) is 13.5. The van der Waals surface area contributed by atoms with Gasteiger partial charge in [0.25, 0.3) is 0 Å². The van der Waals surface area contributed by atoms with Gasteiger partial charge in [0.2, 0.25) is 0 Å². The molecule has 0 radical (unpaired) electrons. The van der Waals surface area contributed by atoms with E-state index in [1.807, 2.05) is 25.1 Å². The number of hydrogen-bond acceptors (Lipinski definition) is 5. The van der Waals surface area contributed by atoms with Crippen molar-refractivity contribution in [2.24, 2.45) is 0 Å². The lowest BCUT2D eigenvalue weighted by Gasteiger charge is -2.15. The molecular formula is C13H20N2O2S. The van der Waals surface area contributed by atoms with Crippen LogP contribution in [0.4, 0.5) is 11.4 Å². The van der Waals surface area contributed by atoms with Crippen LogP contribution in [0.1, 0.15) is 17.3 Å². The molecule has 0 spiro atoms. The average Bonchev–Trinajstić information content (AvgIpc) is 2.33. The highest BCUT2D eigenvalue weighted by Gasteiger charge is 2.10. The second-order valence-electron chi connectivity index (χ2n) is 4.00. The molecule has 1 aromatic carbocycles. The van der Waals surface area contributed by atoms with Gasteiger partial charge in [0, 0.05) is 19.8 Å². The highest BCUT2D eigenvalue weighted by atomic mass is 32.2. The summed E-state index contributed by atoms with van der Waals surface area (Å²) in [5.74, 6) is 1.54. The normalized spacial score (nSPS) is 10.2. The minimum atomic E-state index is -0.316. The van der Waals surface area contributed by atoms with Crippen LogP contribution in [-0.4, -0.2) is 38.2 Å². The van der Waals surface area contributed by atoms with Gasteiger partial charge in [-0.05, 0) is 24.0 Å². The minimum Gasteiger partial charge on any atom is -0.461 e. The number of rotatable bonds is 6. The second-order valence-corrected chi connectivity index (χ2v) is 5.39. The summed E-state index contributed by atoms with van der Waals surface area (Å²) in [4.78, 5) is 13.6. The molecule has 0 heterocycles. The number of ether oxygens (including phenoxy) is 1. The molecule has 0 saturated carbocycles. The van der Waals surface area contributed by atoms with Crippen molar-refractivity contribution in [2.75, 3.05) is 42.8 Å². The second kappa shape index (κ2) is 7.16. The fraction of sp³-hybridized carbons (Fsp3) is 0.462. The van der Waals surface area contributed by atoms with Gasteiger partial charge in [-0.3, -0.25) is 0 Å². The summed E-state index contributed by atoms with van der Waals surface area (Å²) in [6.45, 7) is 2.51. The highest BCUT2D eigenvalue weighted by molar-refractivity contribution is 7.99. The van der Waals surface area contributed by atoms with Gasteiger partial charge in [0.05, 0.1) is 16.9 Å². The van der Waals surface area contributed by atoms with Crippen LogP contribution in [0.25, 0.3) is 0 Å². The highest BCUT2D eigenvalue weighted by Crippen LogP contribution is 2.22. The monoisotopic (exact) mass is 268 g/mol. The standard InChI is InChI=1S/C13H20N2O2S/c1-4-18-8-7-17-13(16)10-5-6-12(15(2)3)11(14)9-10/h5-6,9H,4,7-8,14H2,1-3H3. The molecule has 0 atom stereocenters. The Morgan fingerprint density at radius 3 is 2.72 bits per heavy atom. The van der Waals surface area contributed by atoms with Crippen molar-refractivity contribution in [3.8, 4) is 0 Å². The van der Waals surface area contributed by atoms with Gasteiger partial charge in [-0.2, -0.15) is 11.8 Å². The van der Waals surface area contributed by atoms with Gasteiger partial charge in [-0.25, -0.2) is 4.79 Å². The maximum Gasteiger partial charge on any atom is 0.338 e. The first-order chi connectivity index (χ1) is 8.56. The van der Waals surface area contributed by atoms with E-state index in [1.165, 1.54) is 0 Å². The number of nitrogen functional groups attached to an aromatic ring is 1. The van der Waals surface area contributed by atoms with E-state index in [0.717, 1.165) is 17.2 Å². The minimum absolute atomic E-state index is 0.316. The van der Waals surface area contributed by atoms with Gasteiger partial charge in [0.15, 0.2) is 0 Å². The van der Waals surface area contributed by atoms with Crippen LogP contribution in [-0.2, 0) is 4.74 Å². The Kier molecular flexibility index (Phi) is 5.85. The van der Waals surface area contributed by atoms with Crippen LogP contribution in [0.15, 0.2) is 18.2 Å². The lowest BCUT2D eigenvalue weighted by Crippen LogP contribution is -2.13. The maximum atomic E-state index is 11.7. The number of carbonyl (C=O) groups is 1. The third kappa shape index (κ3) is 4.14. The Hall–Kier alpha value is -1.36. The molecule has 0 aliphatic heterocycles. The van der Waals surface area contributed by atoms with Crippen molar-refractivity contribution in [3.05, 3.63) is 23.8 Å². The summed E-state index contributed by atoms with van der Waals surface area (Å²) in [5.41, 5.74) is 7.86. The van der Waals surface area contributed by atoms with E-state index in [0.29, 0.717) is 17.9 Å². The van der Waals surface area contributed by atoms with Crippen LogP contribution in [0.3, 0.4) is 0 Å². The Balaban J connectivity index is 2.61. The summed E-state index contributed by atoms with van der Waals surface area (Å²) >= 11 is 1.75. The summed E-state index contributed by atoms with van der Waals surface area (Å²) in [6, 6.07) is 5.22. The van der Waals surface area contributed by atoms with Crippen LogP contribution in [0, 0.1) is 0 Å².